The lowest BCUT2D eigenvalue weighted by molar-refractivity contribution is -0.121. The molecule has 1 unspecified atom stereocenters. The van der Waals surface area contributed by atoms with Crippen LogP contribution in [0.2, 0.25) is 0 Å². The van der Waals surface area contributed by atoms with Crippen molar-refractivity contribution < 1.29 is 4.79 Å². The summed E-state index contributed by atoms with van der Waals surface area (Å²) in [4.78, 5) is 14.2. The van der Waals surface area contributed by atoms with E-state index in [0.717, 1.165) is 16.9 Å². The van der Waals surface area contributed by atoms with Gasteiger partial charge in [-0.2, -0.15) is 0 Å². The van der Waals surface area contributed by atoms with Gasteiger partial charge in [0.15, 0.2) is 0 Å². The van der Waals surface area contributed by atoms with Gasteiger partial charge < -0.3 is 16.0 Å². The molecule has 0 radical (unpaired) electrons. The van der Waals surface area contributed by atoms with Crippen molar-refractivity contribution in [3.63, 3.8) is 0 Å². The second-order valence-corrected chi connectivity index (χ2v) is 5.80. The molecule has 1 atom stereocenters. The number of nitrogens with two attached hydrogens (primary N) is 1. The molecule has 23 heavy (non-hydrogen) atoms. The Labute approximate surface area is 138 Å². The third kappa shape index (κ3) is 5.02. The van der Waals surface area contributed by atoms with E-state index in [1.165, 1.54) is 0 Å². The first-order chi connectivity index (χ1) is 11.1. The maximum atomic E-state index is 12.0. The molecule has 122 valence electrons. The number of likely N-dealkylation sites (N-methyl/N-ethyl adjacent to an activating group) is 1. The SMILES string of the molecule is CC(CNC(=O)CCc1ccccc1N)N(C)c1ccccc1. The van der Waals surface area contributed by atoms with Crippen LogP contribution >= 0.6 is 0 Å². The zero-order valence-corrected chi connectivity index (χ0v) is 13.8. The molecule has 4 heteroatoms. The number of hydrogen-bond acceptors (Lipinski definition) is 3. The monoisotopic (exact) mass is 311 g/mol. The van der Waals surface area contributed by atoms with Crippen LogP contribution in [0.4, 0.5) is 11.4 Å². The van der Waals surface area contributed by atoms with Crippen molar-refractivity contribution in [2.75, 3.05) is 24.2 Å². The maximum absolute atomic E-state index is 12.0. The molecule has 0 aliphatic heterocycles. The van der Waals surface area contributed by atoms with Crippen molar-refractivity contribution in [1.82, 2.24) is 5.32 Å². The molecule has 0 spiro atoms. The van der Waals surface area contributed by atoms with Crippen LogP contribution in [0.3, 0.4) is 0 Å². The molecule has 0 aliphatic carbocycles. The average molecular weight is 311 g/mol. The molecular weight excluding hydrogens is 286 g/mol. The number of benzene rings is 2. The van der Waals surface area contributed by atoms with Gasteiger partial charge in [0.25, 0.3) is 0 Å². The van der Waals surface area contributed by atoms with Gasteiger partial charge >= 0.3 is 0 Å². The molecular formula is C19H25N3O. The molecule has 3 N–H and O–H groups in total. The average Bonchev–Trinajstić information content (AvgIpc) is 2.59. The zero-order chi connectivity index (χ0) is 16.7. The third-order valence-electron chi connectivity index (χ3n) is 4.10. The molecule has 0 bridgehead atoms. The molecule has 0 aromatic heterocycles. The standard InChI is InChI=1S/C19H25N3O/c1-15(22(2)17-9-4-3-5-10-17)14-21-19(23)13-12-16-8-6-7-11-18(16)20/h3-11,15H,12-14,20H2,1-2H3,(H,21,23). The fourth-order valence-corrected chi connectivity index (χ4v) is 2.41. The van der Waals surface area contributed by atoms with Crippen LogP contribution in [0.5, 0.6) is 0 Å². The molecule has 0 fully saturated rings. The Balaban J connectivity index is 1.77. The van der Waals surface area contributed by atoms with E-state index in [0.29, 0.717) is 19.4 Å². The molecule has 2 aromatic carbocycles. The van der Waals surface area contributed by atoms with E-state index < -0.39 is 0 Å². The second-order valence-electron chi connectivity index (χ2n) is 5.80. The maximum Gasteiger partial charge on any atom is 0.220 e. The topological polar surface area (TPSA) is 58.4 Å². The number of nitrogens with zero attached hydrogens (tertiary/aromatic N) is 1. The van der Waals surface area contributed by atoms with Gasteiger partial charge in [-0.3, -0.25) is 4.79 Å². The van der Waals surface area contributed by atoms with Gasteiger partial charge in [0.05, 0.1) is 0 Å². The molecule has 1 amide bonds. The Hall–Kier alpha value is -2.49. The van der Waals surface area contributed by atoms with Crippen LogP contribution in [0.1, 0.15) is 18.9 Å². The summed E-state index contributed by atoms with van der Waals surface area (Å²) in [6, 6.07) is 18.1. The fraction of sp³-hybridized carbons (Fsp3) is 0.316. The lowest BCUT2D eigenvalue weighted by atomic mass is 10.1. The number of para-hydroxylation sites is 2. The largest absolute Gasteiger partial charge is 0.399 e. The van der Waals surface area contributed by atoms with Gasteiger partial charge in [0, 0.05) is 37.4 Å². The number of anilines is 2. The van der Waals surface area contributed by atoms with Crippen LogP contribution in [0.25, 0.3) is 0 Å². The smallest absolute Gasteiger partial charge is 0.220 e. The van der Waals surface area contributed by atoms with Crippen molar-refractivity contribution in [3.05, 3.63) is 60.2 Å². The van der Waals surface area contributed by atoms with E-state index in [4.69, 9.17) is 5.73 Å². The van der Waals surface area contributed by atoms with Gasteiger partial charge in [-0.15, -0.1) is 0 Å². The second kappa shape index (κ2) is 8.22. The highest BCUT2D eigenvalue weighted by Crippen LogP contribution is 2.14. The van der Waals surface area contributed by atoms with Gasteiger partial charge in [0.2, 0.25) is 5.91 Å². The number of nitrogens with one attached hydrogen (secondary N) is 1. The van der Waals surface area contributed by atoms with Crippen LogP contribution in [0, 0.1) is 0 Å². The number of amides is 1. The Kier molecular flexibility index (Phi) is 6.03. The predicted molar refractivity (Wildman–Crippen MR) is 96.5 cm³/mol. The van der Waals surface area contributed by atoms with Gasteiger partial charge in [0.1, 0.15) is 0 Å². The lowest BCUT2D eigenvalue weighted by Gasteiger charge is -2.27. The summed E-state index contributed by atoms with van der Waals surface area (Å²) in [5.41, 5.74) is 8.81. The number of aryl methyl sites for hydroxylation is 1. The fourth-order valence-electron chi connectivity index (χ4n) is 2.41. The molecule has 0 saturated carbocycles. The quantitative estimate of drug-likeness (QED) is 0.773. The van der Waals surface area contributed by atoms with Gasteiger partial charge in [-0.1, -0.05) is 36.4 Å². The zero-order valence-electron chi connectivity index (χ0n) is 13.8. The highest BCUT2D eigenvalue weighted by Gasteiger charge is 2.11. The van der Waals surface area contributed by atoms with E-state index >= 15 is 0 Å². The number of rotatable bonds is 7. The minimum Gasteiger partial charge on any atom is -0.399 e. The Bertz CT molecular complexity index is 628. The van der Waals surface area contributed by atoms with Crippen molar-refractivity contribution in [2.45, 2.75) is 25.8 Å². The molecule has 0 aliphatic rings. The predicted octanol–water partition coefficient (Wildman–Crippen LogP) is 2.84. The summed E-state index contributed by atoms with van der Waals surface area (Å²) >= 11 is 0. The minimum atomic E-state index is 0.0570. The van der Waals surface area contributed by atoms with Crippen LogP contribution in [0.15, 0.2) is 54.6 Å². The van der Waals surface area contributed by atoms with Crippen molar-refractivity contribution in [1.29, 1.82) is 0 Å². The summed E-state index contributed by atoms with van der Waals surface area (Å²) in [5, 5.41) is 3.00. The molecule has 2 aromatic rings. The van der Waals surface area contributed by atoms with Gasteiger partial charge in [-0.25, -0.2) is 0 Å². The highest BCUT2D eigenvalue weighted by atomic mass is 16.1. The van der Waals surface area contributed by atoms with E-state index in [9.17, 15) is 4.79 Å². The molecule has 0 saturated heterocycles. The molecule has 2 rings (SSSR count). The summed E-state index contributed by atoms with van der Waals surface area (Å²) in [6.07, 6.45) is 1.12. The minimum absolute atomic E-state index is 0.0570. The van der Waals surface area contributed by atoms with E-state index in [-0.39, 0.29) is 11.9 Å². The van der Waals surface area contributed by atoms with Crippen LogP contribution in [-0.2, 0) is 11.2 Å². The van der Waals surface area contributed by atoms with Crippen molar-refractivity contribution >= 4 is 17.3 Å². The van der Waals surface area contributed by atoms with E-state index in [1.54, 1.807) is 0 Å². The van der Waals surface area contributed by atoms with Crippen LogP contribution < -0.4 is 16.0 Å². The van der Waals surface area contributed by atoms with E-state index in [2.05, 4.69) is 29.3 Å². The molecule has 0 heterocycles. The first-order valence-electron chi connectivity index (χ1n) is 7.96. The van der Waals surface area contributed by atoms with Gasteiger partial charge in [-0.05, 0) is 37.1 Å². The number of carbonyl (C=O) groups is 1. The summed E-state index contributed by atoms with van der Waals surface area (Å²) in [5.74, 6) is 0.0570. The Morgan fingerprint density at radius 3 is 2.48 bits per heavy atom. The normalized spacial score (nSPS) is 11.7. The van der Waals surface area contributed by atoms with Crippen molar-refractivity contribution in [3.8, 4) is 0 Å². The highest BCUT2D eigenvalue weighted by molar-refractivity contribution is 5.76. The third-order valence-corrected chi connectivity index (χ3v) is 4.10. The first kappa shape index (κ1) is 16.9. The lowest BCUT2D eigenvalue weighted by Crippen LogP contribution is -2.40. The number of nitrogen functional groups attached to an aromatic ring is 1. The number of carbonyl (C=O) groups excluding carboxylic acids is 1. The summed E-state index contributed by atoms with van der Waals surface area (Å²) in [7, 11) is 2.04. The summed E-state index contributed by atoms with van der Waals surface area (Å²) in [6.45, 7) is 2.72. The first-order valence-corrected chi connectivity index (χ1v) is 7.96. The van der Waals surface area contributed by atoms with Crippen molar-refractivity contribution in [2.24, 2.45) is 0 Å². The number of hydrogen-bond donors (Lipinski definition) is 2. The molecule has 4 nitrogen and oxygen atoms in total. The summed E-state index contributed by atoms with van der Waals surface area (Å²) < 4.78 is 0. The van der Waals surface area contributed by atoms with Crippen LogP contribution in [-0.4, -0.2) is 25.5 Å². The Morgan fingerprint density at radius 2 is 1.78 bits per heavy atom. The Morgan fingerprint density at radius 1 is 1.13 bits per heavy atom. The van der Waals surface area contributed by atoms with E-state index in [1.807, 2.05) is 49.5 Å².